The Morgan fingerprint density at radius 1 is 0.971 bits per heavy atom. The van der Waals surface area contributed by atoms with Crippen molar-refractivity contribution < 1.29 is 26.4 Å². The Labute approximate surface area is 207 Å². The molecule has 0 aliphatic carbocycles. The molecule has 2 atom stereocenters. The molecule has 0 radical (unpaired) electrons. The van der Waals surface area contributed by atoms with E-state index < -0.39 is 37.2 Å². The second-order valence-electron chi connectivity index (χ2n) is 9.07. The summed E-state index contributed by atoms with van der Waals surface area (Å²) in [5, 5.41) is -0.592. The molecule has 9 nitrogen and oxygen atoms in total. The Bertz CT molecular complexity index is 1320. The van der Waals surface area contributed by atoms with Crippen molar-refractivity contribution in [3.8, 4) is 11.1 Å². The minimum Gasteiger partial charge on any atom is -0.341 e. The van der Waals surface area contributed by atoms with Crippen molar-refractivity contribution in [3.05, 3.63) is 54.1 Å². The zero-order valence-electron chi connectivity index (χ0n) is 20.4. The number of nitrogens with zero attached hydrogens (tertiary/aromatic N) is 2. The number of anilines is 1. The van der Waals surface area contributed by atoms with Crippen LogP contribution in [0, 0.1) is 0 Å². The normalized spacial score (nSPS) is 18.6. The van der Waals surface area contributed by atoms with Crippen molar-refractivity contribution in [2.24, 2.45) is 0 Å². The van der Waals surface area contributed by atoms with Crippen LogP contribution in [0.15, 0.2) is 48.5 Å². The van der Waals surface area contributed by atoms with Crippen molar-refractivity contribution in [3.63, 3.8) is 0 Å². The summed E-state index contributed by atoms with van der Waals surface area (Å²) in [7, 11) is -7.30. The number of sulfonamides is 2. The largest absolute Gasteiger partial charge is 0.341 e. The van der Waals surface area contributed by atoms with Gasteiger partial charge in [-0.05, 0) is 42.7 Å². The van der Waals surface area contributed by atoms with Gasteiger partial charge in [-0.2, -0.15) is 0 Å². The molecule has 1 saturated heterocycles. The lowest BCUT2D eigenvalue weighted by molar-refractivity contribution is -0.127. The van der Waals surface area contributed by atoms with Crippen molar-refractivity contribution >= 4 is 37.5 Å². The van der Waals surface area contributed by atoms with Crippen LogP contribution in [0.2, 0.25) is 0 Å². The quantitative estimate of drug-likeness (QED) is 0.597. The van der Waals surface area contributed by atoms with Gasteiger partial charge in [-0.15, -0.1) is 0 Å². The van der Waals surface area contributed by atoms with Gasteiger partial charge in [-0.1, -0.05) is 36.4 Å². The first-order valence-electron chi connectivity index (χ1n) is 11.2. The molecule has 11 heteroatoms. The number of hydrogen-bond donors (Lipinski definition) is 1. The first-order chi connectivity index (χ1) is 16.2. The Kier molecular flexibility index (Phi) is 7.73. The maximum atomic E-state index is 12.5. The summed E-state index contributed by atoms with van der Waals surface area (Å²) in [6, 6.07) is 13.7. The van der Waals surface area contributed by atoms with Gasteiger partial charge >= 0.3 is 0 Å². The fourth-order valence-corrected chi connectivity index (χ4v) is 6.10. The molecule has 1 aliphatic rings. The maximum absolute atomic E-state index is 12.5. The number of benzene rings is 2. The molecule has 0 aromatic heterocycles. The number of amides is 2. The summed E-state index contributed by atoms with van der Waals surface area (Å²) >= 11 is 0. The van der Waals surface area contributed by atoms with Crippen molar-refractivity contribution in [1.29, 1.82) is 0 Å². The molecule has 1 aliphatic heterocycles. The third-order valence-electron chi connectivity index (χ3n) is 6.07. The van der Waals surface area contributed by atoms with E-state index >= 15 is 0 Å². The lowest BCUT2D eigenvalue weighted by Gasteiger charge is -2.21. The van der Waals surface area contributed by atoms with E-state index in [0.717, 1.165) is 27.3 Å². The smallest absolute Gasteiger partial charge is 0.238 e. The Morgan fingerprint density at radius 2 is 1.60 bits per heavy atom. The van der Waals surface area contributed by atoms with Gasteiger partial charge in [-0.25, -0.2) is 25.9 Å². The molecule has 2 aromatic rings. The minimum atomic E-state index is -3.78. The lowest BCUT2D eigenvalue weighted by atomic mass is 9.93. The molecule has 0 bridgehead atoms. The van der Waals surface area contributed by atoms with E-state index in [9.17, 15) is 26.4 Å². The molecule has 1 N–H and O–H groups in total. The van der Waals surface area contributed by atoms with E-state index in [-0.39, 0.29) is 17.5 Å². The minimum absolute atomic E-state index is 0.115. The average Bonchev–Trinajstić information content (AvgIpc) is 3.16. The highest BCUT2D eigenvalue weighted by Crippen LogP contribution is 2.32. The molecular formula is C24H31N3O6S2. The Morgan fingerprint density at radius 3 is 2.11 bits per heavy atom. The number of carbonyl (C=O) groups excluding carboxylic acids is 2. The highest BCUT2D eigenvalue weighted by atomic mass is 32.2. The zero-order valence-corrected chi connectivity index (χ0v) is 22.1. The maximum Gasteiger partial charge on any atom is 0.238 e. The zero-order chi connectivity index (χ0) is 26.1. The predicted molar refractivity (Wildman–Crippen MR) is 136 cm³/mol. The van der Waals surface area contributed by atoms with Gasteiger partial charge in [0.25, 0.3) is 0 Å². The van der Waals surface area contributed by atoms with E-state index in [1.165, 1.54) is 13.8 Å². The summed E-state index contributed by atoms with van der Waals surface area (Å²) in [5.41, 5.74) is 2.65. The average molecular weight is 522 g/mol. The second-order valence-corrected chi connectivity index (χ2v) is 13.2. The van der Waals surface area contributed by atoms with Crippen molar-refractivity contribution in [2.45, 2.75) is 44.9 Å². The lowest BCUT2D eigenvalue weighted by Crippen LogP contribution is -2.43. The van der Waals surface area contributed by atoms with E-state index in [2.05, 4.69) is 4.72 Å². The molecule has 3 rings (SSSR count). The van der Waals surface area contributed by atoms with Gasteiger partial charge in [0.15, 0.2) is 0 Å². The van der Waals surface area contributed by atoms with Gasteiger partial charge in [0.05, 0.1) is 17.2 Å². The molecule has 2 amide bonds. The number of carbonyl (C=O) groups is 2. The summed E-state index contributed by atoms with van der Waals surface area (Å²) in [6.07, 6.45) is 0.978. The summed E-state index contributed by atoms with van der Waals surface area (Å²) < 4.78 is 52.7. The van der Waals surface area contributed by atoms with Crippen LogP contribution in [-0.2, 0) is 29.6 Å². The van der Waals surface area contributed by atoms with E-state index in [1.54, 1.807) is 36.9 Å². The van der Waals surface area contributed by atoms with Crippen LogP contribution < -0.4 is 9.03 Å². The van der Waals surface area contributed by atoms with Crippen LogP contribution in [0.25, 0.3) is 11.1 Å². The molecule has 0 saturated carbocycles. The van der Waals surface area contributed by atoms with Crippen molar-refractivity contribution in [1.82, 2.24) is 9.62 Å². The Balaban J connectivity index is 1.91. The van der Waals surface area contributed by atoms with Crippen LogP contribution in [0.5, 0.6) is 0 Å². The first-order valence-corrected chi connectivity index (χ1v) is 14.6. The van der Waals surface area contributed by atoms with Gasteiger partial charge in [-0.3, -0.25) is 9.59 Å². The number of hydrogen-bond acceptors (Lipinski definition) is 6. The second kappa shape index (κ2) is 10.1. The fraction of sp³-hybridized carbons (Fsp3) is 0.417. The molecule has 1 fully saturated rings. The van der Waals surface area contributed by atoms with Crippen molar-refractivity contribution in [2.75, 3.05) is 23.7 Å². The first kappa shape index (κ1) is 26.8. The molecular weight excluding hydrogens is 490 g/mol. The summed E-state index contributed by atoms with van der Waals surface area (Å²) in [4.78, 5) is 25.6. The third kappa shape index (κ3) is 6.09. The predicted octanol–water partition coefficient (Wildman–Crippen LogP) is 2.31. The van der Waals surface area contributed by atoms with Crippen LogP contribution in [-0.4, -0.2) is 64.2 Å². The summed E-state index contributed by atoms with van der Waals surface area (Å²) in [5.74, 6) is -0.937. The fourth-order valence-electron chi connectivity index (χ4n) is 4.21. The number of nitrogens with one attached hydrogen (secondary N) is 1. The van der Waals surface area contributed by atoms with E-state index in [0.29, 0.717) is 13.1 Å². The number of likely N-dealkylation sites (tertiary alicyclic amines) is 1. The standard InChI is InChI=1S/C24H31N3O6S2/c1-16(2)35(32,33)25-24-15-26(17(3)28)14-23(24)20-11-9-19(10-12-20)21-7-6-8-22(13-21)27(18(4)29)34(5,30)31/h6-13,16,23-25H,14-15H2,1-5H3/t23-,24+/m0/s1. The van der Waals surface area contributed by atoms with Crippen LogP contribution >= 0.6 is 0 Å². The monoisotopic (exact) mass is 521 g/mol. The topological polar surface area (TPSA) is 121 Å². The van der Waals surface area contributed by atoms with E-state index in [4.69, 9.17) is 0 Å². The van der Waals surface area contributed by atoms with Gasteiger partial charge < -0.3 is 4.90 Å². The SMILES string of the molecule is CC(=O)N1C[C@@H](NS(=O)(=O)C(C)C)[C@H](c2ccc(-c3cccc(N(C(C)=O)S(C)(=O)=O)c3)cc2)C1. The number of rotatable bonds is 7. The third-order valence-corrected chi connectivity index (χ3v) is 9.08. The highest BCUT2D eigenvalue weighted by molar-refractivity contribution is 7.92. The van der Waals surface area contributed by atoms with Gasteiger partial charge in [0.1, 0.15) is 0 Å². The molecule has 0 spiro atoms. The highest BCUT2D eigenvalue weighted by Gasteiger charge is 2.38. The molecule has 35 heavy (non-hydrogen) atoms. The molecule has 190 valence electrons. The molecule has 1 heterocycles. The van der Waals surface area contributed by atoms with E-state index in [1.807, 2.05) is 30.3 Å². The Hall–Kier alpha value is -2.76. The molecule has 2 aromatic carbocycles. The van der Waals surface area contributed by atoms with Crippen LogP contribution in [0.4, 0.5) is 5.69 Å². The van der Waals surface area contributed by atoms with Crippen LogP contribution in [0.3, 0.4) is 0 Å². The summed E-state index contributed by atoms with van der Waals surface area (Å²) in [6.45, 7) is 6.56. The van der Waals surface area contributed by atoms with Gasteiger partial charge in [0.2, 0.25) is 31.9 Å². The van der Waals surface area contributed by atoms with Gasteiger partial charge in [0, 0.05) is 38.9 Å². The van der Waals surface area contributed by atoms with Crippen LogP contribution in [0.1, 0.15) is 39.2 Å². The molecule has 0 unspecified atom stereocenters.